The second-order valence-corrected chi connectivity index (χ2v) is 8.40. The van der Waals surface area contributed by atoms with E-state index in [1.165, 1.54) is 0 Å². The van der Waals surface area contributed by atoms with Gasteiger partial charge < -0.3 is 19.7 Å². The van der Waals surface area contributed by atoms with Crippen molar-refractivity contribution in [1.29, 1.82) is 0 Å². The number of esters is 2. The van der Waals surface area contributed by atoms with E-state index in [0.717, 1.165) is 51.4 Å². The van der Waals surface area contributed by atoms with Crippen LogP contribution in [0.2, 0.25) is 0 Å². The van der Waals surface area contributed by atoms with Crippen LogP contribution in [0.25, 0.3) is 0 Å². The first-order chi connectivity index (χ1) is 15.5. The van der Waals surface area contributed by atoms with Crippen molar-refractivity contribution in [2.45, 2.75) is 75.8 Å². The average Bonchev–Trinajstić information content (AvgIpc) is 2.83. The Morgan fingerprint density at radius 2 is 0.875 bits per heavy atom. The van der Waals surface area contributed by atoms with Gasteiger partial charge in [-0.25, -0.2) is 9.59 Å². The van der Waals surface area contributed by atoms with Gasteiger partial charge in [-0.05, 0) is 75.6 Å². The van der Waals surface area contributed by atoms with Gasteiger partial charge in [0.15, 0.2) is 0 Å². The molecular weight excluding hydrogens is 408 g/mol. The molecule has 0 aromatic heterocycles. The van der Waals surface area contributed by atoms with Gasteiger partial charge in [0.25, 0.3) is 0 Å². The minimum atomic E-state index is -0.262. The molecule has 2 N–H and O–H groups in total. The Kier molecular flexibility index (Phi) is 9.26. The molecule has 172 valence electrons. The fourth-order valence-corrected chi connectivity index (χ4v) is 3.91. The standard InChI is InChI=1S/2C13H16O3/c2*14-11-6-8-12(9-7-11)16-13(15)10-4-2-1-3-5-10/h2*1-5,11-12,14H,6-9H2. The highest BCUT2D eigenvalue weighted by Crippen LogP contribution is 2.23. The van der Waals surface area contributed by atoms with E-state index in [2.05, 4.69) is 0 Å². The molecule has 6 heteroatoms. The number of hydrogen-bond donors (Lipinski definition) is 2. The van der Waals surface area contributed by atoms with Crippen molar-refractivity contribution in [3.8, 4) is 0 Å². The third-order valence-corrected chi connectivity index (χ3v) is 5.85. The van der Waals surface area contributed by atoms with Crippen molar-refractivity contribution in [1.82, 2.24) is 0 Å². The molecule has 4 rings (SSSR count). The zero-order valence-corrected chi connectivity index (χ0v) is 18.3. The first-order valence-electron chi connectivity index (χ1n) is 11.4. The summed E-state index contributed by atoms with van der Waals surface area (Å²) in [5, 5.41) is 18.7. The summed E-state index contributed by atoms with van der Waals surface area (Å²) in [6, 6.07) is 18.0. The lowest BCUT2D eigenvalue weighted by Crippen LogP contribution is -2.26. The first-order valence-corrected chi connectivity index (χ1v) is 11.4. The summed E-state index contributed by atoms with van der Waals surface area (Å²) < 4.78 is 10.8. The Morgan fingerprint density at radius 1 is 0.562 bits per heavy atom. The molecule has 2 fully saturated rings. The van der Waals surface area contributed by atoms with E-state index < -0.39 is 0 Å². The number of carbonyl (C=O) groups is 2. The Balaban J connectivity index is 0.000000181. The second-order valence-electron chi connectivity index (χ2n) is 8.40. The highest BCUT2D eigenvalue weighted by atomic mass is 16.5. The van der Waals surface area contributed by atoms with Crippen molar-refractivity contribution in [3.05, 3.63) is 71.8 Å². The second kappa shape index (κ2) is 12.4. The molecule has 0 radical (unpaired) electrons. The topological polar surface area (TPSA) is 93.1 Å². The molecule has 0 spiro atoms. The highest BCUT2D eigenvalue weighted by Gasteiger charge is 2.23. The molecule has 2 aromatic rings. The van der Waals surface area contributed by atoms with E-state index in [0.29, 0.717) is 11.1 Å². The van der Waals surface area contributed by atoms with Gasteiger partial charge in [0.05, 0.1) is 23.3 Å². The Hall–Kier alpha value is -2.70. The number of ether oxygens (including phenoxy) is 2. The van der Waals surface area contributed by atoms with Gasteiger partial charge in [-0.2, -0.15) is 0 Å². The molecular formula is C26H32O6. The van der Waals surface area contributed by atoms with E-state index in [9.17, 15) is 19.8 Å². The van der Waals surface area contributed by atoms with Gasteiger partial charge in [0.1, 0.15) is 12.2 Å². The van der Waals surface area contributed by atoms with Crippen LogP contribution in [0.15, 0.2) is 60.7 Å². The Labute approximate surface area is 189 Å². The molecule has 0 bridgehead atoms. The Bertz CT molecular complexity index is 750. The van der Waals surface area contributed by atoms with Gasteiger partial charge in [0.2, 0.25) is 0 Å². The number of rotatable bonds is 4. The Morgan fingerprint density at radius 3 is 1.19 bits per heavy atom. The van der Waals surface area contributed by atoms with Crippen molar-refractivity contribution >= 4 is 11.9 Å². The smallest absolute Gasteiger partial charge is 0.338 e. The summed E-state index contributed by atoms with van der Waals surface area (Å²) >= 11 is 0. The molecule has 0 saturated heterocycles. The van der Waals surface area contributed by atoms with Crippen molar-refractivity contribution < 1.29 is 29.3 Å². The minimum absolute atomic E-state index is 0.0314. The van der Waals surface area contributed by atoms with E-state index in [1.54, 1.807) is 24.3 Å². The maximum atomic E-state index is 11.7. The van der Waals surface area contributed by atoms with Crippen LogP contribution >= 0.6 is 0 Å². The molecule has 0 atom stereocenters. The SMILES string of the molecule is O=C(OC1CCC(O)CC1)c1ccccc1.O=C(OC1CCC(O)CC1)c1ccccc1. The van der Waals surface area contributed by atoms with Crippen LogP contribution in [0, 0.1) is 0 Å². The summed E-state index contributed by atoms with van der Waals surface area (Å²) in [6.45, 7) is 0. The molecule has 0 heterocycles. The lowest BCUT2D eigenvalue weighted by Gasteiger charge is -2.25. The fraction of sp³-hybridized carbons (Fsp3) is 0.462. The van der Waals surface area contributed by atoms with Gasteiger partial charge in [-0.15, -0.1) is 0 Å². The molecule has 0 aliphatic heterocycles. The molecule has 2 aliphatic carbocycles. The molecule has 2 aromatic carbocycles. The van der Waals surface area contributed by atoms with Crippen molar-refractivity contribution in [2.24, 2.45) is 0 Å². The van der Waals surface area contributed by atoms with Crippen LogP contribution < -0.4 is 0 Å². The average molecular weight is 441 g/mol. The number of carbonyl (C=O) groups excluding carboxylic acids is 2. The van der Waals surface area contributed by atoms with Crippen LogP contribution in [0.5, 0.6) is 0 Å². The lowest BCUT2D eigenvalue weighted by atomic mass is 9.95. The number of aliphatic hydroxyl groups excluding tert-OH is 2. The van der Waals surface area contributed by atoms with Gasteiger partial charge in [-0.1, -0.05) is 36.4 Å². The molecule has 6 nitrogen and oxygen atoms in total. The molecule has 2 aliphatic rings. The summed E-state index contributed by atoms with van der Waals surface area (Å²) in [7, 11) is 0. The highest BCUT2D eigenvalue weighted by molar-refractivity contribution is 5.89. The predicted octanol–water partition coefficient (Wildman–Crippen LogP) is 4.29. The summed E-state index contributed by atoms with van der Waals surface area (Å²) in [5.74, 6) is -0.524. The predicted molar refractivity (Wildman–Crippen MR) is 120 cm³/mol. The summed E-state index contributed by atoms with van der Waals surface area (Å²) in [5.41, 5.74) is 1.18. The zero-order valence-electron chi connectivity index (χ0n) is 18.3. The van der Waals surface area contributed by atoms with Crippen molar-refractivity contribution in [3.63, 3.8) is 0 Å². The monoisotopic (exact) mass is 440 g/mol. The lowest BCUT2D eigenvalue weighted by molar-refractivity contribution is 0.00418. The van der Waals surface area contributed by atoms with Gasteiger partial charge in [0, 0.05) is 0 Å². The van der Waals surface area contributed by atoms with Crippen molar-refractivity contribution in [2.75, 3.05) is 0 Å². The van der Waals surface area contributed by atoms with Crippen LogP contribution in [-0.2, 0) is 9.47 Å². The molecule has 0 unspecified atom stereocenters. The minimum Gasteiger partial charge on any atom is -0.459 e. The number of aliphatic hydroxyl groups is 2. The van der Waals surface area contributed by atoms with Gasteiger partial charge in [-0.3, -0.25) is 0 Å². The third-order valence-electron chi connectivity index (χ3n) is 5.85. The largest absolute Gasteiger partial charge is 0.459 e. The number of benzene rings is 2. The molecule has 0 amide bonds. The third kappa shape index (κ3) is 7.77. The quantitative estimate of drug-likeness (QED) is 0.689. The van der Waals surface area contributed by atoms with E-state index in [1.807, 2.05) is 36.4 Å². The summed E-state index contributed by atoms with van der Waals surface area (Å²) in [6.07, 6.45) is 5.48. The molecule has 32 heavy (non-hydrogen) atoms. The normalized spacial score (nSPS) is 25.1. The van der Waals surface area contributed by atoms with Crippen LogP contribution in [0.3, 0.4) is 0 Å². The summed E-state index contributed by atoms with van der Waals surface area (Å²) in [4.78, 5) is 23.4. The van der Waals surface area contributed by atoms with Gasteiger partial charge >= 0.3 is 11.9 Å². The van der Waals surface area contributed by atoms with E-state index in [4.69, 9.17) is 9.47 Å². The van der Waals surface area contributed by atoms with E-state index in [-0.39, 0.29) is 36.4 Å². The van der Waals surface area contributed by atoms with Crippen LogP contribution in [0.1, 0.15) is 72.1 Å². The van der Waals surface area contributed by atoms with E-state index >= 15 is 0 Å². The number of hydrogen-bond acceptors (Lipinski definition) is 6. The first kappa shape index (κ1) is 24.0. The molecule has 2 saturated carbocycles. The maximum absolute atomic E-state index is 11.7. The fourth-order valence-electron chi connectivity index (χ4n) is 3.91. The zero-order chi connectivity index (χ0) is 22.8. The maximum Gasteiger partial charge on any atom is 0.338 e. The van der Waals surface area contributed by atoms with Crippen LogP contribution in [0.4, 0.5) is 0 Å². The van der Waals surface area contributed by atoms with Crippen LogP contribution in [-0.4, -0.2) is 46.6 Å².